The zero-order chi connectivity index (χ0) is 14.1. The van der Waals surface area contributed by atoms with E-state index in [1.807, 2.05) is 62.3 Å². The zero-order valence-electron chi connectivity index (χ0n) is 12.6. The molecule has 0 amide bonds. The third-order valence-corrected chi connectivity index (χ3v) is 3.88. The van der Waals surface area contributed by atoms with Gasteiger partial charge in [0.1, 0.15) is 0 Å². The highest BCUT2D eigenvalue weighted by Crippen LogP contribution is 2.26. The van der Waals surface area contributed by atoms with Crippen LogP contribution in [0.5, 0.6) is 0 Å². The summed E-state index contributed by atoms with van der Waals surface area (Å²) in [5.74, 6) is 0. The summed E-state index contributed by atoms with van der Waals surface area (Å²) in [5.41, 5.74) is -1.74. The first-order chi connectivity index (χ1) is 7.12. The molecule has 5 heteroatoms. The van der Waals surface area contributed by atoms with Crippen LogP contribution in [0.15, 0.2) is 0 Å². The molecule has 4 nitrogen and oxygen atoms in total. The first kappa shape index (κ1) is 17.1. The monoisotopic (exact) mass is 263 g/mol. The Labute approximate surface area is 107 Å². The molecule has 0 aromatic carbocycles. The highest BCUT2D eigenvalue weighted by Gasteiger charge is 2.52. The molecule has 0 aromatic rings. The van der Waals surface area contributed by atoms with E-state index in [9.17, 15) is 4.80 Å². The van der Waals surface area contributed by atoms with Gasteiger partial charge in [-0.25, -0.2) is 4.80 Å². The molecule has 0 rings (SSSR count). The Morgan fingerprint density at radius 3 is 0.882 bits per heavy atom. The van der Waals surface area contributed by atoms with Gasteiger partial charge in [-0.1, -0.05) is 0 Å². The maximum Gasteiger partial charge on any atom is 0.708 e. The normalized spacial score (nSPS) is 15.2. The molecule has 0 aliphatic rings. The van der Waals surface area contributed by atoms with Gasteiger partial charge in [0.2, 0.25) is 0 Å². The summed E-state index contributed by atoms with van der Waals surface area (Å²) in [6.07, 6.45) is 0. The molecule has 0 aliphatic carbocycles. The Kier molecular flexibility index (Phi) is 4.99. The van der Waals surface area contributed by atoms with E-state index in [0.29, 0.717) is 0 Å². The predicted molar refractivity (Wildman–Crippen MR) is 69.0 cm³/mol. The van der Waals surface area contributed by atoms with Gasteiger partial charge < -0.3 is 13.3 Å². The van der Waals surface area contributed by atoms with Gasteiger partial charge in [-0.05, 0) is 62.3 Å². The second-order valence-corrected chi connectivity index (χ2v) is 8.76. The highest BCUT2D eigenvalue weighted by atomic mass is 28.4. The van der Waals surface area contributed by atoms with Gasteiger partial charge in [-0.15, -0.1) is 0 Å². The van der Waals surface area contributed by atoms with Crippen molar-refractivity contribution < 1.29 is 18.1 Å². The molecule has 0 spiro atoms. The molecule has 0 fully saturated rings. The minimum absolute atomic E-state index is 0.579. The van der Waals surface area contributed by atoms with Crippen LogP contribution in [0.3, 0.4) is 0 Å². The summed E-state index contributed by atoms with van der Waals surface area (Å²) < 4.78 is 16.5. The minimum Gasteiger partial charge on any atom is -0.345 e. The average Bonchev–Trinajstić information content (AvgIpc) is 1.65. The summed E-state index contributed by atoms with van der Waals surface area (Å²) in [6, 6.07) is 0. The van der Waals surface area contributed by atoms with Gasteiger partial charge in [0.25, 0.3) is 0 Å². The molecule has 0 atom stereocenters. The summed E-state index contributed by atoms with van der Waals surface area (Å²) in [5, 5.41) is 0. The molecule has 0 aromatic heterocycles. The number of rotatable bonds is 3. The van der Waals surface area contributed by atoms with Crippen LogP contribution in [0, 0.1) is 0 Å². The van der Waals surface area contributed by atoms with E-state index in [1.165, 1.54) is 0 Å². The Hall–Kier alpha value is 0.0569. The predicted octanol–water partition coefficient (Wildman–Crippen LogP) is 3.30. The lowest BCUT2D eigenvalue weighted by atomic mass is 10.2. The van der Waals surface area contributed by atoms with Crippen molar-refractivity contribution in [3.63, 3.8) is 0 Å². The van der Waals surface area contributed by atoms with Gasteiger partial charge in [0, 0.05) is 0 Å². The van der Waals surface area contributed by atoms with E-state index < -0.39 is 25.9 Å². The van der Waals surface area contributed by atoms with Crippen molar-refractivity contribution in [1.29, 1.82) is 0 Å². The molecular weight excluding hydrogens is 236 g/mol. The Balaban J connectivity index is 4.95. The van der Waals surface area contributed by atoms with Crippen molar-refractivity contribution >= 4 is 9.05 Å². The van der Waals surface area contributed by atoms with Crippen molar-refractivity contribution in [2.24, 2.45) is 0 Å². The fourth-order valence-electron chi connectivity index (χ4n) is 1.19. The zero-order valence-corrected chi connectivity index (χ0v) is 13.6. The van der Waals surface area contributed by atoms with Crippen molar-refractivity contribution in [3.8, 4) is 0 Å². The van der Waals surface area contributed by atoms with Crippen LogP contribution in [0.1, 0.15) is 62.3 Å². The summed E-state index contributed by atoms with van der Waals surface area (Å²) in [7, 11) is -3.91. The standard InChI is InChI=1S/C12H27O4Si/c1-10(2,3)14-17(13,15-11(4,5)6)16-12(7,8)9/h1-9H3. The van der Waals surface area contributed by atoms with Crippen LogP contribution in [-0.2, 0) is 18.1 Å². The van der Waals surface area contributed by atoms with Crippen LogP contribution in [0.25, 0.3) is 0 Å². The largest absolute Gasteiger partial charge is 0.708 e. The van der Waals surface area contributed by atoms with Gasteiger partial charge in [-0.3, -0.25) is 0 Å². The van der Waals surface area contributed by atoms with Crippen molar-refractivity contribution in [3.05, 3.63) is 0 Å². The van der Waals surface area contributed by atoms with E-state index in [0.717, 1.165) is 0 Å². The fourth-order valence-corrected chi connectivity index (χ4v) is 3.56. The van der Waals surface area contributed by atoms with E-state index in [-0.39, 0.29) is 0 Å². The van der Waals surface area contributed by atoms with Crippen LogP contribution in [0.4, 0.5) is 0 Å². The highest BCUT2D eigenvalue weighted by molar-refractivity contribution is 6.52. The van der Waals surface area contributed by atoms with E-state index in [2.05, 4.69) is 0 Å². The van der Waals surface area contributed by atoms with Gasteiger partial charge in [0.05, 0.1) is 16.8 Å². The first-order valence-electron chi connectivity index (χ1n) is 5.93. The molecule has 0 unspecified atom stereocenters. The maximum absolute atomic E-state index is 12.6. The number of hydrogen-bond donors (Lipinski definition) is 0. The average molecular weight is 263 g/mol. The van der Waals surface area contributed by atoms with Crippen LogP contribution < -0.4 is 0 Å². The summed E-state index contributed by atoms with van der Waals surface area (Å²) in [6.45, 7) is 16.4. The molecule has 0 saturated carbocycles. The minimum atomic E-state index is -3.91. The van der Waals surface area contributed by atoms with Gasteiger partial charge in [-0.2, -0.15) is 0 Å². The SMILES string of the molecule is CC(C)(C)O[Si]([O])(OC(C)(C)C)OC(C)(C)C. The van der Waals surface area contributed by atoms with Crippen LogP contribution in [0.2, 0.25) is 0 Å². The van der Waals surface area contributed by atoms with Crippen molar-refractivity contribution in [2.75, 3.05) is 0 Å². The fraction of sp³-hybridized carbons (Fsp3) is 1.00. The quantitative estimate of drug-likeness (QED) is 0.734. The van der Waals surface area contributed by atoms with Crippen LogP contribution >= 0.6 is 0 Å². The van der Waals surface area contributed by atoms with E-state index >= 15 is 0 Å². The molecule has 0 aliphatic heterocycles. The Morgan fingerprint density at radius 2 is 0.765 bits per heavy atom. The molecule has 0 N–H and O–H groups in total. The molecule has 17 heavy (non-hydrogen) atoms. The summed E-state index contributed by atoms with van der Waals surface area (Å²) >= 11 is 0. The topological polar surface area (TPSA) is 47.6 Å². The van der Waals surface area contributed by atoms with Gasteiger partial charge in [0.15, 0.2) is 0 Å². The van der Waals surface area contributed by atoms with Crippen LogP contribution in [-0.4, -0.2) is 25.9 Å². The number of hydrogen-bond acceptors (Lipinski definition) is 3. The maximum atomic E-state index is 12.6. The molecule has 1 radical (unpaired) electrons. The smallest absolute Gasteiger partial charge is 0.345 e. The third kappa shape index (κ3) is 9.73. The molecule has 0 heterocycles. The third-order valence-electron chi connectivity index (χ3n) is 1.29. The lowest BCUT2D eigenvalue weighted by Crippen LogP contribution is -2.56. The second-order valence-electron chi connectivity index (χ2n) is 7.14. The van der Waals surface area contributed by atoms with Gasteiger partial charge >= 0.3 is 9.05 Å². The Morgan fingerprint density at radius 1 is 0.588 bits per heavy atom. The molecule has 0 saturated heterocycles. The second kappa shape index (κ2) is 4.97. The van der Waals surface area contributed by atoms with E-state index in [4.69, 9.17) is 13.3 Å². The summed E-state index contributed by atoms with van der Waals surface area (Å²) in [4.78, 5) is 12.6. The Bertz CT molecular complexity index is 204. The van der Waals surface area contributed by atoms with Crippen molar-refractivity contribution in [1.82, 2.24) is 0 Å². The molecule has 0 bridgehead atoms. The molecular formula is C12H27O4Si. The van der Waals surface area contributed by atoms with Crippen molar-refractivity contribution in [2.45, 2.75) is 79.1 Å². The lowest BCUT2D eigenvalue weighted by molar-refractivity contribution is -0.132. The lowest BCUT2D eigenvalue weighted by Gasteiger charge is -2.37. The molecule has 103 valence electrons. The van der Waals surface area contributed by atoms with E-state index in [1.54, 1.807) is 0 Å². The first-order valence-corrected chi connectivity index (χ1v) is 7.56.